The van der Waals surface area contributed by atoms with E-state index in [2.05, 4.69) is 16.7 Å². The molecule has 0 radical (unpaired) electrons. The van der Waals surface area contributed by atoms with Gasteiger partial charge in [0, 0.05) is 38.8 Å². The van der Waals surface area contributed by atoms with Crippen LogP contribution in [0.5, 0.6) is 0 Å². The first-order chi connectivity index (χ1) is 16.2. The maximum absolute atomic E-state index is 13.8. The molecule has 0 bridgehead atoms. The van der Waals surface area contributed by atoms with Gasteiger partial charge in [0.1, 0.15) is 0 Å². The van der Waals surface area contributed by atoms with E-state index < -0.39 is 17.8 Å². The Morgan fingerprint density at radius 3 is 2.29 bits per heavy atom. The molecule has 9 nitrogen and oxygen atoms in total. The van der Waals surface area contributed by atoms with Crippen LogP contribution in [0.3, 0.4) is 0 Å². The molecule has 4 aliphatic rings. The fourth-order valence-corrected chi connectivity index (χ4v) is 6.40. The lowest BCUT2D eigenvalue weighted by atomic mass is 9.84. The molecular weight excluding hydrogens is 434 g/mol. The van der Waals surface area contributed by atoms with Crippen molar-refractivity contribution in [2.45, 2.75) is 83.8 Å². The summed E-state index contributed by atoms with van der Waals surface area (Å²) in [6, 6.07) is -0.502. The number of likely N-dealkylation sites (N-methyl/N-ethyl adjacent to an activating group) is 1. The van der Waals surface area contributed by atoms with Crippen LogP contribution in [-0.4, -0.2) is 106 Å². The highest BCUT2D eigenvalue weighted by molar-refractivity contribution is 6.44. The van der Waals surface area contributed by atoms with E-state index in [9.17, 15) is 19.2 Å². The summed E-state index contributed by atoms with van der Waals surface area (Å²) in [4.78, 5) is 60.6. The summed E-state index contributed by atoms with van der Waals surface area (Å²) in [6.07, 6.45) is 6.99. The van der Waals surface area contributed by atoms with E-state index in [4.69, 9.17) is 0 Å². The van der Waals surface area contributed by atoms with Gasteiger partial charge in [-0.05, 0) is 50.5 Å². The van der Waals surface area contributed by atoms with Crippen molar-refractivity contribution in [3.8, 4) is 0 Å². The Labute approximate surface area is 203 Å². The third kappa shape index (κ3) is 4.73. The molecule has 0 unspecified atom stereocenters. The molecule has 4 fully saturated rings. The van der Waals surface area contributed by atoms with Crippen molar-refractivity contribution < 1.29 is 19.2 Å². The van der Waals surface area contributed by atoms with Gasteiger partial charge in [-0.25, -0.2) is 9.69 Å². The molecule has 34 heavy (non-hydrogen) atoms. The fourth-order valence-electron chi connectivity index (χ4n) is 6.40. The molecule has 0 N–H and O–H groups in total. The lowest BCUT2D eigenvalue weighted by Crippen LogP contribution is -2.55. The average Bonchev–Trinajstić information content (AvgIpc) is 3.30. The molecule has 1 saturated carbocycles. The Morgan fingerprint density at radius 2 is 1.65 bits per heavy atom. The number of hydrogen-bond donors (Lipinski definition) is 0. The lowest BCUT2D eigenvalue weighted by Gasteiger charge is -2.39. The molecule has 1 aliphatic carbocycles. The van der Waals surface area contributed by atoms with Crippen LogP contribution in [0.2, 0.25) is 0 Å². The molecule has 3 saturated heterocycles. The summed E-state index contributed by atoms with van der Waals surface area (Å²) >= 11 is 0. The zero-order valence-electron chi connectivity index (χ0n) is 21.2. The highest BCUT2D eigenvalue weighted by Gasteiger charge is 2.51. The van der Waals surface area contributed by atoms with Crippen LogP contribution in [0.1, 0.15) is 65.7 Å². The number of piperidine rings is 1. The minimum Gasteiger partial charge on any atom is -0.341 e. The number of urea groups is 1. The maximum Gasteiger partial charge on any atom is 0.335 e. The number of imide groups is 2. The number of amides is 5. The minimum atomic E-state index is -0.767. The van der Waals surface area contributed by atoms with Gasteiger partial charge in [0.15, 0.2) is 0 Å². The monoisotopic (exact) mass is 475 g/mol. The third-order valence-electron chi connectivity index (χ3n) is 8.39. The van der Waals surface area contributed by atoms with Gasteiger partial charge in [-0.15, -0.1) is 0 Å². The first kappa shape index (κ1) is 25.1. The second-order valence-electron chi connectivity index (χ2n) is 11.0. The number of likely N-dealkylation sites (tertiary alicyclic amines) is 2. The van der Waals surface area contributed by atoms with Gasteiger partial charge in [-0.2, -0.15) is 0 Å². The molecule has 3 atom stereocenters. The number of carbonyl (C=O) groups excluding carboxylic acids is 4. The first-order valence-corrected chi connectivity index (χ1v) is 13.1. The van der Waals surface area contributed by atoms with Crippen molar-refractivity contribution in [2.75, 3.05) is 39.9 Å². The van der Waals surface area contributed by atoms with Crippen LogP contribution in [0.25, 0.3) is 0 Å². The van der Waals surface area contributed by atoms with Gasteiger partial charge in [0.25, 0.3) is 0 Å². The Morgan fingerprint density at radius 1 is 1.00 bits per heavy atom. The van der Waals surface area contributed by atoms with E-state index >= 15 is 0 Å². The summed E-state index contributed by atoms with van der Waals surface area (Å²) in [7, 11) is 1.91. The second kappa shape index (κ2) is 10.3. The predicted octanol–water partition coefficient (Wildman–Crippen LogP) is 1.97. The molecule has 3 aliphatic heterocycles. The van der Waals surface area contributed by atoms with Gasteiger partial charge in [-0.1, -0.05) is 33.6 Å². The fraction of sp³-hybridized carbons (Fsp3) is 0.840. The van der Waals surface area contributed by atoms with Crippen LogP contribution in [0.4, 0.5) is 4.79 Å². The number of fused-ring (bicyclic) bond motifs is 1. The number of carbonyl (C=O) groups is 4. The summed E-state index contributed by atoms with van der Waals surface area (Å²) in [5.74, 6) is -0.948. The molecule has 4 rings (SSSR count). The summed E-state index contributed by atoms with van der Waals surface area (Å²) in [5, 5.41) is 0. The lowest BCUT2D eigenvalue weighted by molar-refractivity contribution is -0.145. The first-order valence-electron chi connectivity index (χ1n) is 13.1. The normalized spacial score (nSPS) is 29.4. The molecule has 3 heterocycles. The highest BCUT2D eigenvalue weighted by Crippen LogP contribution is 2.41. The number of hydrogen-bond acceptors (Lipinski definition) is 6. The molecule has 0 aromatic rings. The van der Waals surface area contributed by atoms with Crippen molar-refractivity contribution >= 4 is 23.8 Å². The minimum absolute atomic E-state index is 0.0255. The highest BCUT2D eigenvalue weighted by atomic mass is 16.2. The standard InChI is InChI=1S/C25H41N5O4/c1-5-27-12-10-19(11-13-27)26(4)22(31)21-14-18-8-6-7-9-20(18)29(21)16-30-24(33)23(32)28(25(30)34)15-17(2)3/h17-21H,5-16H2,1-4H3/t18-,20-,21-/m0/s1. The topological polar surface area (TPSA) is 84.5 Å². The zero-order chi connectivity index (χ0) is 24.6. The second-order valence-corrected chi connectivity index (χ2v) is 11.0. The third-order valence-corrected chi connectivity index (χ3v) is 8.39. The van der Waals surface area contributed by atoms with E-state index in [0.717, 1.165) is 74.4 Å². The maximum atomic E-state index is 13.8. The van der Waals surface area contributed by atoms with Crippen molar-refractivity contribution in [3.63, 3.8) is 0 Å². The molecule has 190 valence electrons. The smallest absolute Gasteiger partial charge is 0.335 e. The van der Waals surface area contributed by atoms with E-state index in [1.807, 2.05) is 25.8 Å². The molecular formula is C25H41N5O4. The van der Waals surface area contributed by atoms with Crippen molar-refractivity contribution in [2.24, 2.45) is 11.8 Å². The molecule has 0 aromatic heterocycles. The van der Waals surface area contributed by atoms with Crippen molar-refractivity contribution in [1.29, 1.82) is 0 Å². The predicted molar refractivity (Wildman–Crippen MR) is 128 cm³/mol. The molecule has 0 aromatic carbocycles. The van der Waals surface area contributed by atoms with Gasteiger partial charge in [-0.3, -0.25) is 24.2 Å². The van der Waals surface area contributed by atoms with Crippen LogP contribution < -0.4 is 0 Å². The summed E-state index contributed by atoms with van der Waals surface area (Å²) < 4.78 is 0. The van der Waals surface area contributed by atoms with Gasteiger partial charge in [0.05, 0.1) is 12.7 Å². The molecule has 0 spiro atoms. The van der Waals surface area contributed by atoms with Gasteiger partial charge < -0.3 is 9.80 Å². The average molecular weight is 476 g/mol. The Kier molecular flexibility index (Phi) is 7.62. The van der Waals surface area contributed by atoms with Gasteiger partial charge >= 0.3 is 17.8 Å². The van der Waals surface area contributed by atoms with Gasteiger partial charge in [0.2, 0.25) is 5.91 Å². The van der Waals surface area contributed by atoms with E-state index in [1.165, 1.54) is 0 Å². The van der Waals surface area contributed by atoms with E-state index in [1.54, 1.807) is 0 Å². The van der Waals surface area contributed by atoms with Crippen molar-refractivity contribution in [1.82, 2.24) is 24.5 Å². The Balaban J connectivity index is 1.51. The molecule has 9 heteroatoms. The summed E-state index contributed by atoms with van der Waals surface area (Å²) in [5.41, 5.74) is 0. The SMILES string of the molecule is CCN1CCC(N(C)C(=O)[C@@H]2C[C@@H]3CCCC[C@@H]3N2CN2C(=O)C(=O)N(CC(C)C)C2=O)CC1. The molecule has 5 amide bonds. The van der Waals surface area contributed by atoms with Crippen LogP contribution in [0, 0.1) is 11.8 Å². The number of rotatable bonds is 7. The summed E-state index contributed by atoms with van der Waals surface area (Å²) in [6.45, 7) is 9.29. The van der Waals surface area contributed by atoms with Crippen LogP contribution in [0.15, 0.2) is 0 Å². The van der Waals surface area contributed by atoms with Crippen molar-refractivity contribution in [3.05, 3.63) is 0 Å². The zero-order valence-corrected chi connectivity index (χ0v) is 21.2. The van der Waals surface area contributed by atoms with Crippen LogP contribution in [-0.2, 0) is 14.4 Å². The quantitative estimate of drug-likeness (QED) is 0.414. The van der Waals surface area contributed by atoms with E-state index in [-0.39, 0.29) is 43.2 Å². The van der Waals surface area contributed by atoms with Crippen LogP contribution >= 0.6 is 0 Å². The Bertz CT molecular complexity index is 809. The van der Waals surface area contributed by atoms with E-state index in [0.29, 0.717) is 5.92 Å². The largest absolute Gasteiger partial charge is 0.341 e. The Hall–Kier alpha value is -2.00. The number of nitrogens with zero attached hydrogens (tertiary/aromatic N) is 5.